The lowest BCUT2D eigenvalue weighted by Gasteiger charge is -2.23. The number of aryl methyl sites for hydroxylation is 1. The van der Waals surface area contributed by atoms with Gasteiger partial charge in [0, 0.05) is 36.1 Å². The molecule has 28 heavy (non-hydrogen) atoms. The second-order valence-electron chi connectivity index (χ2n) is 6.99. The van der Waals surface area contributed by atoms with E-state index in [1.807, 2.05) is 37.3 Å². The average molecular weight is 377 g/mol. The topological polar surface area (TPSA) is 83.2 Å². The van der Waals surface area contributed by atoms with Crippen molar-refractivity contribution < 1.29 is 9.53 Å². The van der Waals surface area contributed by atoms with Crippen LogP contribution in [0.5, 0.6) is 0 Å². The minimum atomic E-state index is -0.175. The third-order valence-electron chi connectivity index (χ3n) is 5.09. The highest BCUT2D eigenvalue weighted by molar-refractivity contribution is 5.96. The first-order valence-electron chi connectivity index (χ1n) is 9.46. The van der Waals surface area contributed by atoms with Crippen molar-refractivity contribution in [1.82, 2.24) is 15.6 Å². The zero-order chi connectivity index (χ0) is 19.5. The van der Waals surface area contributed by atoms with Crippen LogP contribution >= 0.6 is 0 Å². The molecule has 1 atom stereocenters. The second kappa shape index (κ2) is 7.96. The maximum atomic E-state index is 12.7. The summed E-state index contributed by atoms with van der Waals surface area (Å²) in [6.45, 7) is 4.61. The van der Waals surface area contributed by atoms with Gasteiger partial charge in [-0.3, -0.25) is 9.59 Å². The van der Waals surface area contributed by atoms with E-state index < -0.39 is 0 Å². The Balaban J connectivity index is 1.61. The van der Waals surface area contributed by atoms with Gasteiger partial charge in [0.05, 0.1) is 18.3 Å². The molecule has 3 aromatic rings. The molecule has 0 aliphatic carbocycles. The molecule has 1 aliphatic heterocycles. The van der Waals surface area contributed by atoms with Crippen molar-refractivity contribution in [1.29, 1.82) is 0 Å². The van der Waals surface area contributed by atoms with Gasteiger partial charge in [-0.2, -0.15) is 0 Å². The van der Waals surface area contributed by atoms with Crippen molar-refractivity contribution in [3.8, 4) is 11.1 Å². The summed E-state index contributed by atoms with van der Waals surface area (Å²) in [5, 5.41) is 7.15. The molecule has 1 unspecified atom stereocenters. The van der Waals surface area contributed by atoms with Gasteiger partial charge in [0.2, 0.25) is 0 Å². The highest BCUT2D eigenvalue weighted by atomic mass is 16.5. The van der Waals surface area contributed by atoms with E-state index in [-0.39, 0.29) is 17.6 Å². The third kappa shape index (κ3) is 3.69. The van der Waals surface area contributed by atoms with Crippen LogP contribution in [0.4, 0.5) is 0 Å². The number of hydrogen-bond donors (Lipinski definition) is 3. The lowest BCUT2D eigenvalue weighted by molar-refractivity contribution is 0.0287. The van der Waals surface area contributed by atoms with Crippen LogP contribution in [0.15, 0.2) is 53.3 Å². The zero-order valence-electron chi connectivity index (χ0n) is 15.7. The van der Waals surface area contributed by atoms with Gasteiger partial charge in [0.1, 0.15) is 0 Å². The van der Waals surface area contributed by atoms with E-state index in [0.717, 1.165) is 35.1 Å². The van der Waals surface area contributed by atoms with Crippen molar-refractivity contribution in [2.75, 3.05) is 26.2 Å². The standard InChI is InChI=1S/C22H23N3O3/c1-14-18-7-2-3-8-19(18)25-22(27)20(14)15-5-4-6-16(11-15)21(26)24-13-17-12-23-9-10-28-17/h2-8,11,17,23H,9-10,12-13H2,1H3,(H,24,26)(H,25,27). The number of pyridine rings is 1. The Hall–Kier alpha value is -2.96. The minimum Gasteiger partial charge on any atom is -0.374 e. The Morgan fingerprint density at radius 1 is 1.21 bits per heavy atom. The zero-order valence-corrected chi connectivity index (χ0v) is 15.7. The lowest BCUT2D eigenvalue weighted by atomic mass is 9.97. The lowest BCUT2D eigenvalue weighted by Crippen LogP contribution is -2.45. The molecule has 1 aliphatic rings. The fourth-order valence-corrected chi connectivity index (χ4v) is 3.63. The van der Waals surface area contributed by atoms with Gasteiger partial charge in [-0.05, 0) is 36.2 Å². The van der Waals surface area contributed by atoms with Gasteiger partial charge in [-0.1, -0.05) is 30.3 Å². The molecular formula is C22H23N3O3. The average Bonchev–Trinajstić information content (AvgIpc) is 2.73. The normalized spacial score (nSPS) is 16.8. The first kappa shape index (κ1) is 18.4. The Labute approximate surface area is 162 Å². The predicted molar refractivity (Wildman–Crippen MR) is 110 cm³/mol. The summed E-state index contributed by atoms with van der Waals surface area (Å²) >= 11 is 0. The van der Waals surface area contributed by atoms with Gasteiger partial charge in [0.15, 0.2) is 0 Å². The first-order valence-corrected chi connectivity index (χ1v) is 9.46. The molecule has 1 aromatic heterocycles. The summed E-state index contributed by atoms with van der Waals surface area (Å²) in [7, 11) is 0. The number of H-pyrrole nitrogens is 1. The molecule has 0 spiro atoms. The van der Waals surface area contributed by atoms with Crippen molar-refractivity contribution in [3.05, 3.63) is 70.0 Å². The number of aromatic amines is 1. The molecule has 144 valence electrons. The molecule has 0 bridgehead atoms. The summed E-state index contributed by atoms with van der Waals surface area (Å²) in [6.07, 6.45) is -0.0218. The fourth-order valence-electron chi connectivity index (χ4n) is 3.63. The summed E-state index contributed by atoms with van der Waals surface area (Å²) in [4.78, 5) is 28.2. The molecule has 2 aromatic carbocycles. The highest BCUT2D eigenvalue weighted by Crippen LogP contribution is 2.25. The van der Waals surface area contributed by atoms with Gasteiger partial charge in [0.25, 0.3) is 11.5 Å². The number of ether oxygens (including phenoxy) is 1. The Bertz CT molecular complexity index is 1070. The van der Waals surface area contributed by atoms with Crippen molar-refractivity contribution in [3.63, 3.8) is 0 Å². The van der Waals surface area contributed by atoms with Gasteiger partial charge in [-0.15, -0.1) is 0 Å². The maximum Gasteiger partial charge on any atom is 0.256 e. The number of carbonyl (C=O) groups excluding carboxylic acids is 1. The van der Waals surface area contributed by atoms with Crippen LogP contribution in [0.2, 0.25) is 0 Å². The largest absolute Gasteiger partial charge is 0.374 e. The minimum absolute atomic E-state index is 0.0218. The second-order valence-corrected chi connectivity index (χ2v) is 6.99. The molecule has 0 saturated carbocycles. The summed E-state index contributed by atoms with van der Waals surface area (Å²) in [5.74, 6) is -0.175. The van der Waals surface area contributed by atoms with Gasteiger partial charge < -0.3 is 20.4 Å². The number of para-hydroxylation sites is 1. The number of aromatic nitrogens is 1. The van der Waals surface area contributed by atoms with Crippen molar-refractivity contribution >= 4 is 16.8 Å². The molecule has 1 fully saturated rings. The van der Waals surface area contributed by atoms with Gasteiger partial charge in [-0.25, -0.2) is 0 Å². The summed E-state index contributed by atoms with van der Waals surface area (Å²) in [5.41, 5.74) is 3.40. The monoisotopic (exact) mass is 377 g/mol. The molecule has 4 rings (SSSR count). The van der Waals surface area contributed by atoms with Crippen LogP contribution in [-0.2, 0) is 4.74 Å². The van der Waals surface area contributed by atoms with Crippen LogP contribution < -0.4 is 16.2 Å². The number of amides is 1. The van der Waals surface area contributed by atoms with E-state index in [0.29, 0.717) is 24.3 Å². The van der Waals surface area contributed by atoms with Crippen LogP contribution in [-0.4, -0.2) is 43.2 Å². The number of carbonyl (C=O) groups is 1. The third-order valence-corrected chi connectivity index (χ3v) is 5.09. The van der Waals surface area contributed by atoms with Crippen LogP contribution in [0.3, 0.4) is 0 Å². The van der Waals surface area contributed by atoms with E-state index in [9.17, 15) is 9.59 Å². The number of hydrogen-bond acceptors (Lipinski definition) is 4. The van der Waals surface area contributed by atoms with E-state index in [1.165, 1.54) is 0 Å². The molecule has 6 nitrogen and oxygen atoms in total. The number of rotatable bonds is 4. The quantitative estimate of drug-likeness (QED) is 0.651. The summed E-state index contributed by atoms with van der Waals surface area (Å²) in [6, 6.07) is 14.9. The van der Waals surface area contributed by atoms with E-state index in [1.54, 1.807) is 18.2 Å². The molecular weight excluding hydrogens is 354 g/mol. The molecule has 2 heterocycles. The highest BCUT2D eigenvalue weighted by Gasteiger charge is 2.16. The van der Waals surface area contributed by atoms with Gasteiger partial charge >= 0.3 is 0 Å². The van der Waals surface area contributed by atoms with Crippen LogP contribution in [0.1, 0.15) is 15.9 Å². The van der Waals surface area contributed by atoms with E-state index in [2.05, 4.69) is 15.6 Å². The molecule has 0 radical (unpaired) electrons. The maximum absolute atomic E-state index is 12.7. The summed E-state index contributed by atoms with van der Waals surface area (Å²) < 4.78 is 5.61. The number of benzene rings is 2. The van der Waals surface area contributed by atoms with Crippen LogP contribution in [0.25, 0.3) is 22.0 Å². The number of nitrogens with one attached hydrogen (secondary N) is 3. The Kier molecular flexibility index (Phi) is 5.23. The Morgan fingerprint density at radius 2 is 2.07 bits per heavy atom. The molecule has 1 amide bonds. The van der Waals surface area contributed by atoms with E-state index in [4.69, 9.17) is 4.74 Å². The van der Waals surface area contributed by atoms with Crippen molar-refractivity contribution in [2.45, 2.75) is 13.0 Å². The number of morpholine rings is 1. The molecule has 6 heteroatoms. The SMILES string of the molecule is Cc1c(-c2cccc(C(=O)NCC3CNCCO3)c2)c(=O)[nH]c2ccccc12. The molecule has 1 saturated heterocycles. The van der Waals surface area contributed by atoms with Crippen LogP contribution in [0, 0.1) is 6.92 Å². The Morgan fingerprint density at radius 3 is 2.89 bits per heavy atom. The van der Waals surface area contributed by atoms with E-state index >= 15 is 0 Å². The predicted octanol–water partition coefficient (Wildman–Crippen LogP) is 2.22. The fraction of sp³-hybridized carbons (Fsp3) is 0.273. The smallest absolute Gasteiger partial charge is 0.256 e. The number of fused-ring (bicyclic) bond motifs is 1. The molecule has 3 N–H and O–H groups in total. The first-order chi connectivity index (χ1) is 13.6. The van der Waals surface area contributed by atoms with Crippen molar-refractivity contribution in [2.24, 2.45) is 0 Å².